The van der Waals surface area contributed by atoms with Crippen LogP contribution >= 0.6 is 0 Å². The van der Waals surface area contributed by atoms with Crippen molar-refractivity contribution in [3.05, 3.63) is 23.4 Å². The molecule has 2 N–H and O–H groups in total. The summed E-state index contributed by atoms with van der Waals surface area (Å²) < 4.78 is 0. The molecule has 1 rings (SSSR count). The molecule has 0 saturated heterocycles. The van der Waals surface area contributed by atoms with Crippen molar-refractivity contribution < 1.29 is 0 Å². The van der Waals surface area contributed by atoms with Crippen LogP contribution in [0.1, 0.15) is 48.0 Å². The molecule has 1 atom stereocenters. The molecule has 86 valence electrons. The first-order chi connectivity index (χ1) is 6.62. The SMILES string of the molecule is CC(C)(C)C1=CC(C(C)(C)C)CC=C1N. The van der Waals surface area contributed by atoms with Crippen LogP contribution in [0.3, 0.4) is 0 Å². The van der Waals surface area contributed by atoms with Gasteiger partial charge in [0.1, 0.15) is 0 Å². The van der Waals surface area contributed by atoms with Crippen molar-refractivity contribution in [3.63, 3.8) is 0 Å². The zero-order valence-corrected chi connectivity index (χ0v) is 11.0. The Bertz CT molecular complexity index is 294. The maximum Gasteiger partial charge on any atom is 0.0308 e. The highest BCUT2D eigenvalue weighted by Gasteiger charge is 2.29. The lowest BCUT2D eigenvalue weighted by molar-refractivity contribution is 0.287. The summed E-state index contributed by atoms with van der Waals surface area (Å²) in [5.41, 5.74) is 8.84. The molecule has 0 aliphatic heterocycles. The van der Waals surface area contributed by atoms with E-state index in [0.717, 1.165) is 12.1 Å². The number of hydrogen-bond acceptors (Lipinski definition) is 1. The second kappa shape index (κ2) is 3.70. The van der Waals surface area contributed by atoms with Crippen molar-refractivity contribution in [3.8, 4) is 0 Å². The fourth-order valence-corrected chi connectivity index (χ4v) is 2.02. The molecule has 1 aliphatic carbocycles. The van der Waals surface area contributed by atoms with Gasteiger partial charge in [-0.25, -0.2) is 0 Å². The minimum Gasteiger partial charge on any atom is -0.399 e. The average molecular weight is 207 g/mol. The van der Waals surface area contributed by atoms with Crippen LogP contribution in [-0.2, 0) is 0 Å². The molecule has 1 nitrogen and oxygen atoms in total. The van der Waals surface area contributed by atoms with Gasteiger partial charge in [-0.2, -0.15) is 0 Å². The lowest BCUT2D eigenvalue weighted by Crippen LogP contribution is -2.26. The second-order valence-corrected chi connectivity index (χ2v) is 6.70. The molecular weight excluding hydrogens is 182 g/mol. The molecule has 1 unspecified atom stereocenters. The van der Waals surface area contributed by atoms with E-state index in [1.807, 2.05) is 0 Å². The number of allylic oxidation sites excluding steroid dienone is 3. The van der Waals surface area contributed by atoms with E-state index in [1.165, 1.54) is 5.57 Å². The molecular formula is C14H25N. The topological polar surface area (TPSA) is 26.0 Å². The van der Waals surface area contributed by atoms with Crippen molar-refractivity contribution in [1.82, 2.24) is 0 Å². The Hall–Kier alpha value is -0.720. The van der Waals surface area contributed by atoms with Crippen LogP contribution in [0.25, 0.3) is 0 Å². The van der Waals surface area contributed by atoms with Crippen LogP contribution in [0.4, 0.5) is 0 Å². The maximum atomic E-state index is 6.06. The van der Waals surface area contributed by atoms with E-state index in [0.29, 0.717) is 11.3 Å². The summed E-state index contributed by atoms with van der Waals surface area (Å²) in [6.07, 6.45) is 5.65. The number of nitrogens with two attached hydrogens (primary N) is 1. The molecule has 0 heterocycles. The Kier molecular flexibility index (Phi) is 3.04. The lowest BCUT2D eigenvalue weighted by atomic mass is 9.71. The van der Waals surface area contributed by atoms with E-state index in [-0.39, 0.29) is 5.41 Å². The summed E-state index contributed by atoms with van der Waals surface area (Å²) in [5, 5.41) is 0. The minimum absolute atomic E-state index is 0.157. The van der Waals surface area contributed by atoms with Crippen LogP contribution in [0.2, 0.25) is 0 Å². The van der Waals surface area contributed by atoms with Gasteiger partial charge in [0, 0.05) is 5.70 Å². The molecule has 0 amide bonds. The van der Waals surface area contributed by atoms with Gasteiger partial charge < -0.3 is 5.73 Å². The first-order valence-corrected chi connectivity index (χ1v) is 5.80. The highest BCUT2D eigenvalue weighted by Crippen LogP contribution is 2.39. The third-order valence-electron chi connectivity index (χ3n) is 3.19. The van der Waals surface area contributed by atoms with Gasteiger partial charge in [-0.15, -0.1) is 0 Å². The number of rotatable bonds is 0. The lowest BCUT2D eigenvalue weighted by Gasteiger charge is -2.34. The predicted octanol–water partition coefficient (Wildman–Crippen LogP) is 3.87. The fourth-order valence-electron chi connectivity index (χ4n) is 2.02. The third kappa shape index (κ3) is 2.87. The van der Waals surface area contributed by atoms with Gasteiger partial charge in [-0.3, -0.25) is 0 Å². The number of hydrogen-bond donors (Lipinski definition) is 1. The van der Waals surface area contributed by atoms with Crippen molar-refractivity contribution in [1.29, 1.82) is 0 Å². The molecule has 1 heteroatoms. The normalized spacial score (nSPS) is 23.5. The quantitative estimate of drug-likeness (QED) is 0.641. The summed E-state index contributed by atoms with van der Waals surface area (Å²) in [7, 11) is 0. The minimum atomic E-state index is 0.157. The smallest absolute Gasteiger partial charge is 0.0308 e. The standard InChI is InChI=1S/C14H25N/c1-13(2,3)10-7-8-12(15)11(9-10)14(4,5)6/h8-10H,7,15H2,1-6H3. The van der Waals surface area contributed by atoms with E-state index in [1.54, 1.807) is 0 Å². The zero-order chi connectivity index (χ0) is 11.9. The Morgan fingerprint density at radius 2 is 1.67 bits per heavy atom. The predicted molar refractivity (Wildman–Crippen MR) is 67.4 cm³/mol. The fraction of sp³-hybridized carbons (Fsp3) is 0.714. The van der Waals surface area contributed by atoms with Crippen LogP contribution in [-0.4, -0.2) is 0 Å². The molecule has 0 bridgehead atoms. The van der Waals surface area contributed by atoms with E-state index in [9.17, 15) is 0 Å². The molecule has 0 saturated carbocycles. The van der Waals surface area contributed by atoms with Crippen LogP contribution in [0, 0.1) is 16.7 Å². The molecule has 0 aromatic heterocycles. The van der Waals surface area contributed by atoms with Crippen molar-refractivity contribution in [2.45, 2.75) is 48.0 Å². The Labute approximate surface area is 94.4 Å². The first kappa shape index (κ1) is 12.4. The van der Waals surface area contributed by atoms with Crippen LogP contribution < -0.4 is 5.73 Å². The summed E-state index contributed by atoms with van der Waals surface area (Å²) in [6.45, 7) is 13.6. The Morgan fingerprint density at radius 1 is 1.13 bits per heavy atom. The van der Waals surface area contributed by atoms with E-state index in [4.69, 9.17) is 5.73 Å². The monoisotopic (exact) mass is 207 g/mol. The third-order valence-corrected chi connectivity index (χ3v) is 3.19. The van der Waals surface area contributed by atoms with Gasteiger partial charge in [-0.1, -0.05) is 53.7 Å². The van der Waals surface area contributed by atoms with Crippen molar-refractivity contribution in [2.75, 3.05) is 0 Å². The van der Waals surface area contributed by atoms with Gasteiger partial charge in [0.2, 0.25) is 0 Å². The molecule has 0 radical (unpaired) electrons. The van der Waals surface area contributed by atoms with Gasteiger partial charge in [0.05, 0.1) is 0 Å². The van der Waals surface area contributed by atoms with Crippen LogP contribution in [0.15, 0.2) is 23.4 Å². The summed E-state index contributed by atoms with van der Waals surface area (Å²) in [5.74, 6) is 0.610. The molecule has 0 aromatic carbocycles. The Balaban J connectivity index is 3.02. The average Bonchev–Trinajstić information content (AvgIpc) is 2.00. The van der Waals surface area contributed by atoms with Gasteiger partial charge in [-0.05, 0) is 28.7 Å². The molecule has 15 heavy (non-hydrogen) atoms. The van der Waals surface area contributed by atoms with Gasteiger partial charge in [0.25, 0.3) is 0 Å². The van der Waals surface area contributed by atoms with E-state index >= 15 is 0 Å². The summed E-state index contributed by atoms with van der Waals surface area (Å²) >= 11 is 0. The first-order valence-electron chi connectivity index (χ1n) is 5.80. The summed E-state index contributed by atoms with van der Waals surface area (Å²) in [6, 6.07) is 0. The second-order valence-electron chi connectivity index (χ2n) is 6.70. The van der Waals surface area contributed by atoms with Crippen molar-refractivity contribution in [2.24, 2.45) is 22.5 Å². The largest absolute Gasteiger partial charge is 0.399 e. The van der Waals surface area contributed by atoms with Crippen molar-refractivity contribution >= 4 is 0 Å². The summed E-state index contributed by atoms with van der Waals surface area (Å²) in [4.78, 5) is 0. The highest BCUT2D eigenvalue weighted by atomic mass is 14.6. The Morgan fingerprint density at radius 3 is 2.07 bits per heavy atom. The molecule has 0 aromatic rings. The molecule has 1 aliphatic rings. The highest BCUT2D eigenvalue weighted by molar-refractivity contribution is 5.36. The maximum absolute atomic E-state index is 6.06. The molecule has 0 fully saturated rings. The van der Waals surface area contributed by atoms with E-state index in [2.05, 4.69) is 53.7 Å². The molecule has 0 spiro atoms. The zero-order valence-electron chi connectivity index (χ0n) is 11.0. The van der Waals surface area contributed by atoms with Gasteiger partial charge in [0.15, 0.2) is 0 Å². The van der Waals surface area contributed by atoms with E-state index < -0.39 is 0 Å². The van der Waals surface area contributed by atoms with Crippen LogP contribution in [0.5, 0.6) is 0 Å². The van der Waals surface area contributed by atoms with Gasteiger partial charge >= 0.3 is 0 Å².